The van der Waals surface area contributed by atoms with Crippen molar-refractivity contribution in [2.45, 2.75) is 63.9 Å². The van der Waals surface area contributed by atoms with Gasteiger partial charge in [-0.15, -0.1) is 0 Å². The second kappa shape index (κ2) is 16.5. The summed E-state index contributed by atoms with van der Waals surface area (Å²) in [5.74, 6) is 0. The van der Waals surface area contributed by atoms with E-state index in [1.807, 2.05) is 67.6 Å². The summed E-state index contributed by atoms with van der Waals surface area (Å²) in [6.45, 7) is 4.09. The Balaban J connectivity index is 1.29. The van der Waals surface area contributed by atoms with Gasteiger partial charge in [-0.2, -0.15) is 0 Å². The number of hydrogen-bond acceptors (Lipinski definition) is 5. The van der Waals surface area contributed by atoms with Crippen LogP contribution in [0.5, 0.6) is 0 Å². The molecule has 0 saturated carbocycles. The first-order valence-corrected chi connectivity index (χ1v) is 16.1. The summed E-state index contributed by atoms with van der Waals surface area (Å²) in [4.78, 5) is 0. The molecule has 0 aliphatic carbocycles. The van der Waals surface area contributed by atoms with Gasteiger partial charge in [-0.05, 0) is 46.0 Å². The highest BCUT2D eigenvalue weighted by atomic mass is 16.6. The summed E-state index contributed by atoms with van der Waals surface area (Å²) in [7, 11) is 0. The predicted molar refractivity (Wildman–Crippen MR) is 182 cm³/mol. The molecule has 0 radical (unpaired) electrons. The van der Waals surface area contributed by atoms with Gasteiger partial charge >= 0.3 is 0 Å². The second-order valence-corrected chi connectivity index (χ2v) is 11.6. The van der Waals surface area contributed by atoms with Crippen molar-refractivity contribution in [1.29, 1.82) is 0 Å². The minimum absolute atomic E-state index is 0.350. The van der Waals surface area contributed by atoms with Crippen LogP contribution in [-0.2, 0) is 50.1 Å². The first-order chi connectivity index (χ1) is 22.8. The molecule has 236 valence electrons. The molecule has 46 heavy (non-hydrogen) atoms. The van der Waals surface area contributed by atoms with Crippen LogP contribution >= 0.6 is 0 Å². The van der Waals surface area contributed by atoms with E-state index in [9.17, 15) is 0 Å². The predicted octanol–water partition coefficient (Wildman–Crippen LogP) is 8.46. The SMILES string of the molecule is C/C=C/C1OC(COCc2ccccc2)C(OCc2ccccc2)C(OCc2ccc3ccccc3c2)C1OCc1ccccc1. The van der Waals surface area contributed by atoms with Crippen molar-refractivity contribution in [3.05, 3.63) is 168 Å². The highest BCUT2D eigenvalue weighted by molar-refractivity contribution is 5.82. The standard InChI is InChI=1S/C41H42O5/c1-2-14-37-39(43-27-32-17-8-4-9-18-32)41(45-29-34-23-24-35-21-12-13-22-36(35)25-34)40(44-28-33-19-10-5-11-20-33)38(46-37)30-42-26-31-15-6-3-7-16-31/h2-25,37-41H,26-30H2,1H3/b14-2+. The van der Waals surface area contributed by atoms with E-state index in [1.54, 1.807) is 0 Å². The van der Waals surface area contributed by atoms with Gasteiger partial charge in [-0.3, -0.25) is 0 Å². The fraction of sp³-hybridized carbons (Fsp3) is 0.268. The third-order valence-corrected chi connectivity index (χ3v) is 8.27. The number of allylic oxidation sites excluding steroid dienone is 1. The molecule has 5 aromatic carbocycles. The van der Waals surface area contributed by atoms with Gasteiger partial charge in [0.05, 0.1) is 33.0 Å². The summed E-state index contributed by atoms with van der Waals surface area (Å²) in [6.07, 6.45) is 2.04. The Labute approximate surface area is 272 Å². The lowest BCUT2D eigenvalue weighted by Crippen LogP contribution is -2.60. The summed E-state index contributed by atoms with van der Waals surface area (Å²) < 4.78 is 33.3. The van der Waals surface area contributed by atoms with Crippen molar-refractivity contribution in [1.82, 2.24) is 0 Å². The normalized spacial score (nSPS) is 21.5. The number of benzene rings is 5. The van der Waals surface area contributed by atoms with Crippen LogP contribution in [0.1, 0.15) is 29.2 Å². The summed E-state index contributed by atoms with van der Waals surface area (Å²) in [6, 6.07) is 45.5. The molecule has 0 aromatic heterocycles. The average Bonchev–Trinajstić information content (AvgIpc) is 3.11. The molecule has 1 aliphatic heterocycles. The zero-order chi connectivity index (χ0) is 31.4. The zero-order valence-electron chi connectivity index (χ0n) is 26.3. The molecule has 5 nitrogen and oxygen atoms in total. The molecule has 1 fully saturated rings. The number of rotatable bonds is 14. The monoisotopic (exact) mass is 614 g/mol. The van der Waals surface area contributed by atoms with Gasteiger partial charge < -0.3 is 23.7 Å². The van der Waals surface area contributed by atoms with Gasteiger partial charge in [0.25, 0.3) is 0 Å². The van der Waals surface area contributed by atoms with Crippen LogP contribution in [0.3, 0.4) is 0 Å². The van der Waals surface area contributed by atoms with E-state index >= 15 is 0 Å². The lowest BCUT2D eigenvalue weighted by molar-refractivity contribution is -0.263. The zero-order valence-corrected chi connectivity index (χ0v) is 26.3. The number of hydrogen-bond donors (Lipinski definition) is 0. The summed E-state index contributed by atoms with van der Waals surface area (Å²) in [5.41, 5.74) is 4.37. The van der Waals surface area contributed by atoms with Crippen molar-refractivity contribution >= 4 is 10.8 Å². The van der Waals surface area contributed by atoms with Crippen LogP contribution in [0, 0.1) is 0 Å². The quantitative estimate of drug-likeness (QED) is 0.118. The van der Waals surface area contributed by atoms with E-state index in [0.29, 0.717) is 33.0 Å². The highest BCUT2D eigenvalue weighted by Crippen LogP contribution is 2.32. The molecule has 5 atom stereocenters. The third-order valence-electron chi connectivity index (χ3n) is 8.27. The Morgan fingerprint density at radius 2 is 1.04 bits per heavy atom. The molecule has 0 bridgehead atoms. The molecule has 0 spiro atoms. The Morgan fingerprint density at radius 1 is 0.522 bits per heavy atom. The van der Waals surface area contributed by atoms with Crippen LogP contribution in [0.15, 0.2) is 146 Å². The van der Waals surface area contributed by atoms with E-state index in [4.69, 9.17) is 23.7 Å². The summed E-state index contributed by atoms with van der Waals surface area (Å²) in [5, 5.41) is 2.39. The van der Waals surface area contributed by atoms with Crippen LogP contribution in [-0.4, -0.2) is 37.1 Å². The minimum Gasteiger partial charge on any atom is -0.374 e. The van der Waals surface area contributed by atoms with Crippen molar-refractivity contribution < 1.29 is 23.7 Å². The fourth-order valence-corrected chi connectivity index (χ4v) is 5.92. The maximum absolute atomic E-state index is 6.87. The molecule has 1 saturated heterocycles. The van der Waals surface area contributed by atoms with Gasteiger partial charge in [0.2, 0.25) is 0 Å². The van der Waals surface area contributed by atoms with Crippen molar-refractivity contribution in [2.24, 2.45) is 0 Å². The third kappa shape index (κ3) is 8.58. The van der Waals surface area contributed by atoms with E-state index < -0.39 is 18.3 Å². The van der Waals surface area contributed by atoms with Gasteiger partial charge in [-0.1, -0.05) is 140 Å². The molecule has 5 aromatic rings. The molecule has 1 aliphatic rings. The number of ether oxygens (including phenoxy) is 5. The molecular formula is C41H42O5. The van der Waals surface area contributed by atoms with Crippen molar-refractivity contribution in [2.75, 3.05) is 6.61 Å². The van der Waals surface area contributed by atoms with Crippen LogP contribution in [0.2, 0.25) is 0 Å². The summed E-state index contributed by atoms with van der Waals surface area (Å²) >= 11 is 0. The van der Waals surface area contributed by atoms with Gasteiger partial charge in [0.15, 0.2) is 0 Å². The molecule has 6 rings (SSSR count). The molecule has 5 heteroatoms. The topological polar surface area (TPSA) is 46.2 Å². The maximum Gasteiger partial charge on any atom is 0.116 e. The lowest BCUT2D eigenvalue weighted by atomic mass is 9.93. The van der Waals surface area contributed by atoms with Crippen LogP contribution < -0.4 is 0 Å². The van der Waals surface area contributed by atoms with Crippen molar-refractivity contribution in [3.8, 4) is 0 Å². The van der Waals surface area contributed by atoms with E-state index in [-0.39, 0.29) is 12.2 Å². The average molecular weight is 615 g/mol. The van der Waals surface area contributed by atoms with E-state index in [1.165, 1.54) is 10.8 Å². The lowest BCUT2D eigenvalue weighted by Gasteiger charge is -2.45. The smallest absolute Gasteiger partial charge is 0.116 e. The van der Waals surface area contributed by atoms with Crippen LogP contribution in [0.4, 0.5) is 0 Å². The van der Waals surface area contributed by atoms with Crippen LogP contribution in [0.25, 0.3) is 10.8 Å². The first kappa shape index (κ1) is 31.9. The van der Waals surface area contributed by atoms with Gasteiger partial charge in [0.1, 0.15) is 30.5 Å². The minimum atomic E-state index is -0.446. The first-order valence-electron chi connectivity index (χ1n) is 16.1. The van der Waals surface area contributed by atoms with Gasteiger partial charge in [-0.25, -0.2) is 0 Å². The maximum atomic E-state index is 6.87. The Hall–Kier alpha value is -4.10. The van der Waals surface area contributed by atoms with Crippen molar-refractivity contribution in [3.63, 3.8) is 0 Å². The van der Waals surface area contributed by atoms with E-state index in [0.717, 1.165) is 22.3 Å². The Kier molecular flexibility index (Phi) is 11.4. The molecule has 0 N–H and O–H groups in total. The van der Waals surface area contributed by atoms with Gasteiger partial charge in [0, 0.05) is 0 Å². The molecular weight excluding hydrogens is 572 g/mol. The largest absolute Gasteiger partial charge is 0.374 e. The highest BCUT2D eigenvalue weighted by Gasteiger charge is 2.47. The Morgan fingerprint density at radius 3 is 1.67 bits per heavy atom. The second-order valence-electron chi connectivity index (χ2n) is 11.6. The molecule has 0 amide bonds. The number of fused-ring (bicyclic) bond motifs is 1. The Bertz CT molecular complexity index is 1640. The molecule has 1 heterocycles. The van der Waals surface area contributed by atoms with E-state index in [2.05, 4.69) is 84.9 Å². The molecule has 5 unspecified atom stereocenters. The fourth-order valence-electron chi connectivity index (χ4n) is 5.92.